The van der Waals surface area contributed by atoms with Gasteiger partial charge in [-0.2, -0.15) is 11.8 Å². The van der Waals surface area contributed by atoms with Crippen LogP contribution in [0.2, 0.25) is 0 Å². The van der Waals surface area contributed by atoms with Gasteiger partial charge < -0.3 is 10.5 Å². The third kappa shape index (κ3) is 4.90. The lowest BCUT2D eigenvalue weighted by Crippen LogP contribution is -2.27. The minimum Gasteiger partial charge on any atom is -0.465 e. The molecular formula is C13H20N2O4S2. The van der Waals surface area contributed by atoms with E-state index >= 15 is 0 Å². The molecule has 0 spiro atoms. The number of nitrogens with one attached hydrogen (secondary N) is 1. The molecule has 0 radical (unpaired) electrons. The molecule has 21 heavy (non-hydrogen) atoms. The highest BCUT2D eigenvalue weighted by Gasteiger charge is 2.19. The molecule has 1 aromatic carbocycles. The first-order valence-electron chi connectivity index (χ1n) is 6.32. The van der Waals surface area contributed by atoms with Crippen molar-refractivity contribution in [2.45, 2.75) is 23.5 Å². The van der Waals surface area contributed by atoms with Crippen molar-refractivity contribution in [2.75, 3.05) is 25.6 Å². The van der Waals surface area contributed by atoms with Crippen LogP contribution in [0, 0.1) is 0 Å². The number of hydrogen-bond acceptors (Lipinski definition) is 6. The summed E-state index contributed by atoms with van der Waals surface area (Å²) in [6.07, 6.45) is 2.70. The number of nitrogen functional groups attached to an aromatic ring is 1. The van der Waals surface area contributed by atoms with E-state index in [0.29, 0.717) is 11.8 Å². The summed E-state index contributed by atoms with van der Waals surface area (Å²) in [4.78, 5) is 11.3. The average Bonchev–Trinajstić information content (AvgIpc) is 2.45. The van der Waals surface area contributed by atoms with Gasteiger partial charge in [0.1, 0.15) is 4.90 Å². The number of rotatable bonds is 7. The molecule has 0 aliphatic rings. The minimum absolute atomic E-state index is 0.0170. The monoisotopic (exact) mass is 332 g/mol. The molecule has 0 heterocycles. The van der Waals surface area contributed by atoms with Gasteiger partial charge in [0.2, 0.25) is 10.0 Å². The van der Waals surface area contributed by atoms with Crippen LogP contribution in [-0.2, 0) is 14.8 Å². The van der Waals surface area contributed by atoms with Crippen LogP contribution in [-0.4, -0.2) is 39.5 Å². The first-order valence-corrected chi connectivity index (χ1v) is 9.09. The van der Waals surface area contributed by atoms with Gasteiger partial charge in [-0.25, -0.2) is 17.9 Å². The van der Waals surface area contributed by atoms with E-state index in [0.717, 1.165) is 6.42 Å². The first kappa shape index (κ1) is 17.8. The molecule has 1 atom stereocenters. The van der Waals surface area contributed by atoms with Gasteiger partial charge >= 0.3 is 5.97 Å². The van der Waals surface area contributed by atoms with Crippen molar-refractivity contribution >= 4 is 33.4 Å². The molecular weight excluding hydrogens is 312 g/mol. The molecule has 0 amide bonds. The van der Waals surface area contributed by atoms with E-state index in [1.807, 2.05) is 13.2 Å². The Morgan fingerprint density at radius 3 is 2.67 bits per heavy atom. The lowest BCUT2D eigenvalue weighted by Gasteiger charge is -2.12. The fraction of sp³-hybridized carbons (Fsp3) is 0.462. The van der Waals surface area contributed by atoms with Gasteiger partial charge in [0.25, 0.3) is 0 Å². The van der Waals surface area contributed by atoms with Crippen molar-refractivity contribution in [1.29, 1.82) is 0 Å². The maximum Gasteiger partial charge on any atom is 0.337 e. The number of hydrogen-bond donors (Lipinski definition) is 2. The van der Waals surface area contributed by atoms with Gasteiger partial charge in [0.15, 0.2) is 0 Å². The lowest BCUT2D eigenvalue weighted by atomic mass is 10.2. The highest BCUT2D eigenvalue weighted by molar-refractivity contribution is 7.99. The predicted molar refractivity (Wildman–Crippen MR) is 85.0 cm³/mol. The van der Waals surface area contributed by atoms with Crippen LogP contribution in [0.5, 0.6) is 0 Å². The van der Waals surface area contributed by atoms with Crippen molar-refractivity contribution in [3.05, 3.63) is 23.8 Å². The molecule has 0 aromatic heterocycles. The SMILES string of the molecule is COC(=O)c1ccc(S(=O)(=O)NCCC(C)SC)c(N)c1. The number of methoxy groups -OCH3 is 1. The van der Waals surface area contributed by atoms with Gasteiger partial charge in [0, 0.05) is 11.8 Å². The van der Waals surface area contributed by atoms with Crippen LogP contribution < -0.4 is 10.5 Å². The van der Waals surface area contributed by atoms with Crippen molar-refractivity contribution in [1.82, 2.24) is 4.72 Å². The number of sulfonamides is 1. The summed E-state index contributed by atoms with van der Waals surface area (Å²) in [5.41, 5.74) is 5.96. The number of carbonyl (C=O) groups excluding carboxylic acids is 1. The average molecular weight is 332 g/mol. The number of thioether (sulfide) groups is 1. The molecule has 0 bridgehead atoms. The Balaban J connectivity index is 2.86. The third-order valence-electron chi connectivity index (χ3n) is 2.97. The minimum atomic E-state index is -3.68. The Bertz CT molecular complexity index is 602. The van der Waals surface area contributed by atoms with Crippen molar-refractivity contribution in [3.63, 3.8) is 0 Å². The van der Waals surface area contributed by atoms with Gasteiger partial charge in [0.05, 0.1) is 18.4 Å². The zero-order valence-corrected chi connectivity index (χ0v) is 13.9. The maximum absolute atomic E-state index is 12.2. The molecule has 8 heteroatoms. The largest absolute Gasteiger partial charge is 0.465 e. The van der Waals surface area contributed by atoms with Crippen LogP contribution in [0.3, 0.4) is 0 Å². The number of benzene rings is 1. The summed E-state index contributed by atoms with van der Waals surface area (Å²) < 4.78 is 31.4. The zero-order valence-electron chi connectivity index (χ0n) is 12.3. The maximum atomic E-state index is 12.2. The highest BCUT2D eigenvalue weighted by atomic mass is 32.2. The van der Waals surface area contributed by atoms with Crippen LogP contribution in [0.15, 0.2) is 23.1 Å². The van der Waals surface area contributed by atoms with Crippen LogP contribution >= 0.6 is 11.8 Å². The quantitative estimate of drug-likeness (QED) is 0.579. The number of esters is 1. The Labute approximate surface area is 129 Å². The summed E-state index contributed by atoms with van der Waals surface area (Å²) >= 11 is 1.67. The molecule has 1 unspecified atom stereocenters. The van der Waals surface area contributed by atoms with E-state index in [2.05, 4.69) is 9.46 Å². The second kappa shape index (κ2) is 7.67. The van der Waals surface area contributed by atoms with Crippen molar-refractivity contribution < 1.29 is 17.9 Å². The fourth-order valence-corrected chi connectivity index (χ4v) is 3.14. The van der Waals surface area contributed by atoms with Gasteiger partial charge in [-0.1, -0.05) is 6.92 Å². The molecule has 3 N–H and O–H groups in total. The number of nitrogens with two attached hydrogens (primary N) is 1. The number of carbonyl (C=O) groups is 1. The van der Waals surface area contributed by atoms with Crippen LogP contribution in [0.1, 0.15) is 23.7 Å². The van der Waals surface area contributed by atoms with E-state index in [1.165, 1.54) is 25.3 Å². The van der Waals surface area contributed by atoms with E-state index in [1.54, 1.807) is 11.8 Å². The molecule has 0 saturated heterocycles. The topological polar surface area (TPSA) is 98.5 Å². The van der Waals surface area contributed by atoms with E-state index in [9.17, 15) is 13.2 Å². The third-order valence-corrected chi connectivity index (χ3v) is 5.54. The van der Waals surface area contributed by atoms with Gasteiger partial charge in [-0.3, -0.25) is 0 Å². The molecule has 1 aromatic rings. The number of ether oxygens (including phenoxy) is 1. The summed E-state index contributed by atoms with van der Waals surface area (Å²) in [5.74, 6) is -0.563. The molecule has 6 nitrogen and oxygen atoms in total. The second-order valence-corrected chi connectivity index (χ2v) is 7.49. The molecule has 0 aliphatic heterocycles. The Morgan fingerprint density at radius 1 is 1.48 bits per heavy atom. The normalized spacial score (nSPS) is 12.9. The van der Waals surface area contributed by atoms with E-state index in [4.69, 9.17) is 5.73 Å². The van der Waals surface area contributed by atoms with E-state index in [-0.39, 0.29) is 16.1 Å². The van der Waals surface area contributed by atoms with Crippen LogP contribution in [0.25, 0.3) is 0 Å². The van der Waals surface area contributed by atoms with Crippen molar-refractivity contribution in [3.8, 4) is 0 Å². The van der Waals surface area contributed by atoms with Gasteiger partial charge in [-0.15, -0.1) is 0 Å². The second-order valence-electron chi connectivity index (χ2n) is 4.48. The summed E-state index contributed by atoms with van der Waals surface area (Å²) in [5, 5.41) is 0.367. The van der Waals surface area contributed by atoms with Gasteiger partial charge in [-0.05, 0) is 30.9 Å². The molecule has 0 fully saturated rings. The summed E-state index contributed by atoms with van der Waals surface area (Å²) in [6, 6.07) is 3.98. The smallest absolute Gasteiger partial charge is 0.337 e. The lowest BCUT2D eigenvalue weighted by molar-refractivity contribution is 0.0600. The first-order chi connectivity index (χ1) is 9.81. The highest BCUT2D eigenvalue weighted by Crippen LogP contribution is 2.20. The van der Waals surface area contributed by atoms with E-state index < -0.39 is 16.0 Å². The van der Waals surface area contributed by atoms with Crippen LogP contribution in [0.4, 0.5) is 5.69 Å². The standard InChI is InChI=1S/C13H20N2O4S2/c1-9(20-3)6-7-15-21(17,18)12-5-4-10(8-11(12)14)13(16)19-2/h4-5,8-9,15H,6-7,14H2,1-3H3. The summed E-state index contributed by atoms with van der Waals surface area (Å²) in [6.45, 7) is 2.36. The Hall–Kier alpha value is -1.25. The predicted octanol–water partition coefficient (Wildman–Crippen LogP) is 1.48. The summed E-state index contributed by atoms with van der Waals surface area (Å²) in [7, 11) is -2.43. The molecule has 0 saturated carbocycles. The van der Waals surface area contributed by atoms with Crippen molar-refractivity contribution in [2.24, 2.45) is 0 Å². The molecule has 1 rings (SSSR count). The molecule has 118 valence electrons. The fourth-order valence-electron chi connectivity index (χ4n) is 1.63. The Morgan fingerprint density at radius 2 is 2.14 bits per heavy atom. The zero-order chi connectivity index (χ0) is 16.0. The number of anilines is 1. The Kier molecular flexibility index (Phi) is 6.50. The molecule has 0 aliphatic carbocycles.